The number of aromatic nitrogens is 2. The minimum absolute atomic E-state index is 0.403. The summed E-state index contributed by atoms with van der Waals surface area (Å²) in [7, 11) is 0. The Labute approximate surface area is 101 Å². The van der Waals surface area contributed by atoms with Crippen molar-refractivity contribution in [2.45, 2.75) is 6.42 Å². The Morgan fingerprint density at radius 2 is 2.33 bits per heavy atom. The minimum atomic E-state index is 0.403. The Bertz CT molecular complexity index is 532. The summed E-state index contributed by atoms with van der Waals surface area (Å²) in [6, 6.07) is 3.85. The molecular weight excluding hydrogens is 250 g/mol. The Morgan fingerprint density at radius 1 is 1.53 bits per heavy atom. The SMILES string of the molecule is Nc1[nH]c(=S)ncc1Cc1ccc(Cl)s1. The van der Waals surface area contributed by atoms with Gasteiger partial charge in [-0.1, -0.05) is 11.6 Å². The minimum Gasteiger partial charge on any atom is -0.385 e. The molecule has 0 bridgehead atoms. The van der Waals surface area contributed by atoms with Crippen molar-refractivity contribution in [2.75, 3.05) is 5.73 Å². The summed E-state index contributed by atoms with van der Waals surface area (Å²) in [5.41, 5.74) is 6.72. The van der Waals surface area contributed by atoms with Crippen LogP contribution >= 0.6 is 35.2 Å². The molecule has 2 heterocycles. The number of halogens is 1. The zero-order valence-electron chi connectivity index (χ0n) is 7.66. The standard InChI is InChI=1S/C9H8ClN3S2/c10-7-2-1-6(15-7)3-5-4-12-9(14)13-8(5)11/h1-2,4H,3H2,(H3,11,12,13,14). The summed E-state index contributed by atoms with van der Waals surface area (Å²) < 4.78 is 1.18. The lowest BCUT2D eigenvalue weighted by atomic mass is 10.2. The van der Waals surface area contributed by atoms with Crippen LogP contribution in [0.15, 0.2) is 18.3 Å². The van der Waals surface area contributed by atoms with Crippen molar-refractivity contribution in [1.29, 1.82) is 0 Å². The van der Waals surface area contributed by atoms with E-state index >= 15 is 0 Å². The number of hydrogen-bond donors (Lipinski definition) is 2. The van der Waals surface area contributed by atoms with E-state index in [9.17, 15) is 0 Å². The number of nitrogens with two attached hydrogens (primary N) is 1. The maximum atomic E-state index is 5.84. The monoisotopic (exact) mass is 257 g/mol. The van der Waals surface area contributed by atoms with Crippen LogP contribution in [0, 0.1) is 4.77 Å². The van der Waals surface area contributed by atoms with Crippen LogP contribution in [-0.2, 0) is 6.42 Å². The lowest BCUT2D eigenvalue weighted by Gasteiger charge is -2.02. The van der Waals surface area contributed by atoms with Gasteiger partial charge in [0, 0.05) is 23.1 Å². The van der Waals surface area contributed by atoms with E-state index < -0.39 is 0 Å². The second-order valence-electron chi connectivity index (χ2n) is 3.01. The van der Waals surface area contributed by atoms with Gasteiger partial charge in [-0.15, -0.1) is 11.3 Å². The van der Waals surface area contributed by atoms with Gasteiger partial charge in [0.25, 0.3) is 0 Å². The molecule has 0 radical (unpaired) electrons. The first-order valence-corrected chi connectivity index (χ1v) is 5.83. The summed E-state index contributed by atoms with van der Waals surface area (Å²) in [5.74, 6) is 0.569. The van der Waals surface area contributed by atoms with Crippen LogP contribution in [0.3, 0.4) is 0 Å². The third kappa shape index (κ3) is 2.56. The summed E-state index contributed by atoms with van der Waals surface area (Å²) in [4.78, 5) is 7.96. The van der Waals surface area contributed by atoms with Gasteiger partial charge in [-0.05, 0) is 24.4 Å². The first kappa shape index (κ1) is 10.6. The average molecular weight is 258 g/mol. The van der Waals surface area contributed by atoms with Gasteiger partial charge in [-0.3, -0.25) is 0 Å². The van der Waals surface area contributed by atoms with Gasteiger partial charge in [0.05, 0.1) is 4.34 Å². The highest BCUT2D eigenvalue weighted by Crippen LogP contribution is 2.24. The van der Waals surface area contributed by atoms with Crippen LogP contribution in [0.4, 0.5) is 5.82 Å². The molecule has 0 aliphatic rings. The summed E-state index contributed by atoms with van der Waals surface area (Å²) >= 11 is 12.2. The first-order valence-electron chi connectivity index (χ1n) is 4.23. The first-order chi connectivity index (χ1) is 7.15. The second-order valence-corrected chi connectivity index (χ2v) is 5.20. The molecular formula is C9H8ClN3S2. The third-order valence-corrected chi connectivity index (χ3v) is 3.36. The van der Waals surface area contributed by atoms with Crippen molar-refractivity contribution in [3.05, 3.63) is 37.9 Å². The number of nitrogen functional groups attached to an aromatic ring is 1. The summed E-state index contributed by atoms with van der Waals surface area (Å²) in [5, 5.41) is 0. The highest BCUT2D eigenvalue weighted by Gasteiger charge is 2.04. The summed E-state index contributed by atoms with van der Waals surface area (Å²) in [6.07, 6.45) is 2.42. The molecule has 0 aliphatic carbocycles. The predicted octanol–water partition coefficient (Wildman–Crippen LogP) is 3.03. The lowest BCUT2D eigenvalue weighted by Crippen LogP contribution is -1.99. The van der Waals surface area contributed by atoms with E-state index in [0.29, 0.717) is 10.6 Å². The van der Waals surface area contributed by atoms with Crippen molar-refractivity contribution in [1.82, 2.24) is 9.97 Å². The number of rotatable bonds is 2. The fourth-order valence-corrected chi connectivity index (χ4v) is 2.48. The van der Waals surface area contributed by atoms with E-state index in [1.165, 1.54) is 11.3 Å². The van der Waals surface area contributed by atoms with Crippen LogP contribution in [0.5, 0.6) is 0 Å². The molecule has 2 aromatic heterocycles. The Balaban J connectivity index is 2.28. The van der Waals surface area contributed by atoms with Crippen molar-refractivity contribution in [3.8, 4) is 0 Å². The van der Waals surface area contributed by atoms with Crippen molar-refractivity contribution in [2.24, 2.45) is 0 Å². The number of nitrogens with one attached hydrogen (secondary N) is 1. The number of nitrogens with zero attached hydrogens (tertiary/aromatic N) is 1. The maximum absolute atomic E-state index is 5.84. The number of aromatic amines is 1. The molecule has 3 nitrogen and oxygen atoms in total. The normalized spacial score (nSPS) is 10.5. The van der Waals surface area contributed by atoms with E-state index in [1.54, 1.807) is 6.20 Å². The smallest absolute Gasteiger partial charge is 0.198 e. The van der Waals surface area contributed by atoms with Gasteiger partial charge in [-0.2, -0.15) is 0 Å². The number of anilines is 1. The molecule has 3 N–H and O–H groups in total. The zero-order chi connectivity index (χ0) is 10.8. The molecule has 78 valence electrons. The van der Waals surface area contributed by atoms with E-state index in [2.05, 4.69) is 9.97 Å². The number of H-pyrrole nitrogens is 1. The molecule has 0 saturated heterocycles. The molecule has 0 saturated carbocycles. The number of thiophene rings is 1. The molecule has 6 heteroatoms. The highest BCUT2D eigenvalue weighted by atomic mass is 35.5. The third-order valence-electron chi connectivity index (χ3n) is 1.92. The second kappa shape index (κ2) is 4.30. The van der Waals surface area contributed by atoms with Crippen LogP contribution in [-0.4, -0.2) is 9.97 Å². The van der Waals surface area contributed by atoms with Gasteiger partial charge >= 0.3 is 0 Å². The van der Waals surface area contributed by atoms with E-state index in [-0.39, 0.29) is 0 Å². The Kier molecular flexibility index (Phi) is 3.04. The molecule has 0 amide bonds. The molecule has 2 aromatic rings. The van der Waals surface area contributed by atoms with Crippen molar-refractivity contribution < 1.29 is 0 Å². The topological polar surface area (TPSA) is 54.7 Å². The van der Waals surface area contributed by atoms with Gasteiger partial charge in [0.1, 0.15) is 5.82 Å². The molecule has 2 rings (SSSR count). The van der Waals surface area contributed by atoms with Gasteiger partial charge < -0.3 is 10.7 Å². The molecule has 0 unspecified atom stereocenters. The molecule has 0 aliphatic heterocycles. The van der Waals surface area contributed by atoms with Crippen LogP contribution in [0.1, 0.15) is 10.4 Å². The van der Waals surface area contributed by atoms with Gasteiger partial charge in [-0.25, -0.2) is 4.98 Å². The van der Waals surface area contributed by atoms with E-state index in [4.69, 9.17) is 29.6 Å². The fraction of sp³-hybridized carbons (Fsp3) is 0.111. The molecule has 0 fully saturated rings. The largest absolute Gasteiger partial charge is 0.385 e. The van der Waals surface area contributed by atoms with Gasteiger partial charge in [0.2, 0.25) is 0 Å². The van der Waals surface area contributed by atoms with Crippen LogP contribution in [0.25, 0.3) is 0 Å². The van der Waals surface area contributed by atoms with Crippen molar-refractivity contribution in [3.63, 3.8) is 0 Å². The van der Waals surface area contributed by atoms with Crippen molar-refractivity contribution >= 4 is 41.0 Å². The number of hydrogen-bond acceptors (Lipinski definition) is 4. The average Bonchev–Trinajstić information content (AvgIpc) is 2.56. The van der Waals surface area contributed by atoms with Crippen LogP contribution in [0.2, 0.25) is 4.34 Å². The Hall–Kier alpha value is -0.910. The summed E-state index contributed by atoms with van der Waals surface area (Å²) in [6.45, 7) is 0. The maximum Gasteiger partial charge on any atom is 0.198 e. The van der Waals surface area contributed by atoms with E-state index in [1.807, 2.05) is 12.1 Å². The molecule has 0 aromatic carbocycles. The fourth-order valence-electron chi connectivity index (χ4n) is 1.21. The Morgan fingerprint density at radius 3 is 2.93 bits per heavy atom. The molecule has 15 heavy (non-hydrogen) atoms. The van der Waals surface area contributed by atoms with Crippen LogP contribution < -0.4 is 5.73 Å². The quantitative estimate of drug-likeness (QED) is 0.813. The van der Waals surface area contributed by atoms with Gasteiger partial charge in [0.15, 0.2) is 4.77 Å². The van der Waals surface area contributed by atoms with E-state index in [0.717, 1.165) is 21.2 Å². The lowest BCUT2D eigenvalue weighted by molar-refractivity contribution is 1.07. The zero-order valence-corrected chi connectivity index (χ0v) is 10.0. The molecule has 0 spiro atoms. The molecule has 0 atom stereocenters. The highest BCUT2D eigenvalue weighted by molar-refractivity contribution is 7.71. The predicted molar refractivity (Wildman–Crippen MR) is 66.0 cm³/mol.